The number of aromatic amines is 1. The number of aliphatic hydroxyl groups excluding tert-OH is 3. The van der Waals surface area contributed by atoms with E-state index < -0.39 is 24.4 Å². The van der Waals surface area contributed by atoms with Gasteiger partial charge in [-0.1, -0.05) is 0 Å². The average Bonchev–Trinajstić information content (AvgIpc) is 2.93. The molecule has 4 atom stereocenters. The fourth-order valence-corrected chi connectivity index (χ4v) is 2.13. The van der Waals surface area contributed by atoms with E-state index in [4.69, 9.17) is 9.84 Å². The molecule has 0 radical (unpaired) electrons. The molecule has 96 valence electrons. The summed E-state index contributed by atoms with van der Waals surface area (Å²) >= 11 is 0. The number of hydrogen-bond donors (Lipinski definition) is 4. The first-order chi connectivity index (χ1) is 8.72. The van der Waals surface area contributed by atoms with Crippen molar-refractivity contribution < 1.29 is 20.1 Å². The molecule has 0 aromatic carbocycles. The molecule has 8 heteroatoms. The molecule has 0 amide bonds. The van der Waals surface area contributed by atoms with E-state index >= 15 is 0 Å². The molecule has 3 rings (SSSR count). The van der Waals surface area contributed by atoms with Gasteiger partial charge in [0.05, 0.1) is 17.7 Å². The molecule has 1 fully saturated rings. The predicted molar refractivity (Wildman–Crippen MR) is 58.4 cm³/mol. The van der Waals surface area contributed by atoms with Crippen molar-refractivity contribution in [3.63, 3.8) is 0 Å². The van der Waals surface area contributed by atoms with E-state index in [1.807, 2.05) is 0 Å². The average molecular weight is 252 g/mol. The molecule has 0 saturated carbocycles. The minimum Gasteiger partial charge on any atom is -0.394 e. The number of ether oxygens (including phenoxy) is 1. The van der Waals surface area contributed by atoms with Crippen molar-refractivity contribution in [2.45, 2.75) is 24.4 Å². The van der Waals surface area contributed by atoms with Crippen molar-refractivity contribution in [1.29, 1.82) is 0 Å². The molecule has 1 aliphatic heterocycles. The van der Waals surface area contributed by atoms with Crippen molar-refractivity contribution >= 4 is 11.0 Å². The van der Waals surface area contributed by atoms with Crippen molar-refractivity contribution in [1.82, 2.24) is 20.2 Å². The van der Waals surface area contributed by atoms with Crippen LogP contribution in [0.4, 0.5) is 0 Å². The lowest BCUT2D eigenvalue weighted by Crippen LogP contribution is -2.32. The lowest BCUT2D eigenvalue weighted by molar-refractivity contribution is -0.0235. The van der Waals surface area contributed by atoms with E-state index in [9.17, 15) is 10.2 Å². The Morgan fingerprint density at radius 1 is 1.33 bits per heavy atom. The molecule has 1 saturated heterocycles. The number of rotatable bonds is 2. The zero-order valence-corrected chi connectivity index (χ0v) is 9.26. The van der Waals surface area contributed by atoms with Crippen LogP contribution in [0.2, 0.25) is 0 Å². The van der Waals surface area contributed by atoms with E-state index in [0.717, 1.165) is 0 Å². The van der Waals surface area contributed by atoms with Crippen LogP contribution in [-0.2, 0) is 4.74 Å². The van der Waals surface area contributed by atoms with Crippen molar-refractivity contribution in [3.05, 3.63) is 18.2 Å². The summed E-state index contributed by atoms with van der Waals surface area (Å²) in [6, 6.07) is 0. The van der Waals surface area contributed by atoms with E-state index in [2.05, 4.69) is 20.2 Å². The maximum atomic E-state index is 9.92. The third-order valence-electron chi connectivity index (χ3n) is 3.09. The quantitative estimate of drug-likeness (QED) is 0.513. The van der Waals surface area contributed by atoms with Gasteiger partial charge in [0.15, 0.2) is 5.65 Å². The van der Waals surface area contributed by atoms with Gasteiger partial charge in [-0.2, -0.15) is 5.10 Å². The third-order valence-corrected chi connectivity index (χ3v) is 3.09. The molecular weight excluding hydrogens is 240 g/mol. The number of fused-ring (bicyclic) bond motifs is 1. The van der Waals surface area contributed by atoms with Crippen LogP contribution in [0.5, 0.6) is 0 Å². The van der Waals surface area contributed by atoms with Crippen LogP contribution in [0.25, 0.3) is 11.0 Å². The summed E-state index contributed by atoms with van der Waals surface area (Å²) in [6.07, 6.45) is -0.949. The molecule has 0 spiro atoms. The predicted octanol–water partition coefficient (Wildman–Crippen LogP) is -1.49. The topological polar surface area (TPSA) is 124 Å². The van der Waals surface area contributed by atoms with E-state index in [-0.39, 0.29) is 6.61 Å². The number of aromatic nitrogens is 4. The molecule has 4 N–H and O–H groups in total. The molecule has 8 nitrogen and oxygen atoms in total. The summed E-state index contributed by atoms with van der Waals surface area (Å²) in [5.41, 5.74) is 0.950. The first-order valence-corrected chi connectivity index (χ1v) is 5.49. The van der Waals surface area contributed by atoms with Gasteiger partial charge in [0.25, 0.3) is 0 Å². The maximum absolute atomic E-state index is 9.92. The highest BCUT2D eigenvalue weighted by molar-refractivity contribution is 5.76. The molecule has 18 heavy (non-hydrogen) atoms. The van der Waals surface area contributed by atoms with Crippen LogP contribution in [0.1, 0.15) is 11.8 Å². The minimum atomic E-state index is -1.14. The third kappa shape index (κ3) is 1.58. The Balaban J connectivity index is 2.00. The normalized spacial score (nSPS) is 32.2. The highest BCUT2D eigenvalue weighted by Gasteiger charge is 2.44. The van der Waals surface area contributed by atoms with Crippen LogP contribution >= 0.6 is 0 Å². The summed E-state index contributed by atoms with van der Waals surface area (Å²) in [7, 11) is 0. The van der Waals surface area contributed by atoms with Crippen molar-refractivity contribution in [2.24, 2.45) is 0 Å². The number of H-pyrrole nitrogens is 1. The molecular formula is C10H12N4O4. The Kier molecular flexibility index (Phi) is 2.71. The standard InChI is InChI=1S/C10H12N4O4/c15-2-5-7(16)8(17)9(18-5)6-4-1-11-3-12-10(4)14-13-6/h1,3,5,7-9,15-17H,2H2,(H,11,12,13,14)/t5-,7-,8-,9+/m1/s1. The van der Waals surface area contributed by atoms with E-state index in [1.54, 1.807) is 6.20 Å². The number of nitrogens with one attached hydrogen (secondary N) is 1. The molecule has 0 bridgehead atoms. The van der Waals surface area contributed by atoms with E-state index in [0.29, 0.717) is 16.7 Å². The molecule has 1 aliphatic rings. The Bertz CT molecular complexity index is 560. The van der Waals surface area contributed by atoms with Gasteiger partial charge in [0.2, 0.25) is 0 Å². The lowest BCUT2D eigenvalue weighted by atomic mass is 10.0. The first-order valence-electron chi connectivity index (χ1n) is 5.49. The fourth-order valence-electron chi connectivity index (χ4n) is 2.13. The van der Waals surface area contributed by atoms with Gasteiger partial charge in [-0.05, 0) is 0 Å². The fraction of sp³-hybridized carbons (Fsp3) is 0.500. The van der Waals surface area contributed by atoms with Gasteiger partial charge in [0, 0.05) is 6.20 Å². The minimum absolute atomic E-state index is 0.364. The summed E-state index contributed by atoms with van der Waals surface area (Å²) in [5.74, 6) is 0. The van der Waals surface area contributed by atoms with Crippen LogP contribution in [0, 0.1) is 0 Å². The van der Waals surface area contributed by atoms with Gasteiger partial charge in [0.1, 0.15) is 30.7 Å². The second-order valence-electron chi connectivity index (χ2n) is 4.16. The highest BCUT2D eigenvalue weighted by Crippen LogP contribution is 2.34. The number of aliphatic hydroxyl groups is 3. The van der Waals surface area contributed by atoms with Crippen LogP contribution < -0.4 is 0 Å². The summed E-state index contributed by atoms with van der Waals surface area (Å²) in [6.45, 7) is -0.364. The highest BCUT2D eigenvalue weighted by atomic mass is 16.6. The van der Waals surface area contributed by atoms with Gasteiger partial charge < -0.3 is 20.1 Å². The second-order valence-corrected chi connectivity index (χ2v) is 4.16. The molecule has 2 aromatic rings. The van der Waals surface area contributed by atoms with Crippen LogP contribution in [0.3, 0.4) is 0 Å². The maximum Gasteiger partial charge on any atom is 0.184 e. The lowest BCUT2D eigenvalue weighted by Gasteiger charge is -2.12. The zero-order valence-electron chi connectivity index (χ0n) is 9.26. The number of hydrogen-bond acceptors (Lipinski definition) is 7. The zero-order chi connectivity index (χ0) is 12.7. The summed E-state index contributed by atoms with van der Waals surface area (Å²) < 4.78 is 5.41. The smallest absolute Gasteiger partial charge is 0.184 e. The van der Waals surface area contributed by atoms with Gasteiger partial charge in [-0.25, -0.2) is 9.97 Å². The monoisotopic (exact) mass is 252 g/mol. The Hall–Kier alpha value is -1.61. The molecule has 0 unspecified atom stereocenters. The van der Waals surface area contributed by atoms with Crippen LogP contribution in [-0.4, -0.2) is 60.4 Å². The van der Waals surface area contributed by atoms with Crippen molar-refractivity contribution in [2.75, 3.05) is 6.61 Å². The Morgan fingerprint density at radius 2 is 2.17 bits per heavy atom. The summed E-state index contributed by atoms with van der Waals surface area (Å²) in [4.78, 5) is 7.83. The first kappa shape index (κ1) is 11.5. The second kappa shape index (κ2) is 4.25. The molecule has 2 aromatic heterocycles. The van der Waals surface area contributed by atoms with E-state index in [1.165, 1.54) is 6.33 Å². The SMILES string of the molecule is OC[C@H]1O[C@@H](c2[nH]nc3ncncc23)[C@H](O)[C@@H]1O. The summed E-state index contributed by atoms with van der Waals surface area (Å²) in [5, 5.41) is 36.0. The largest absolute Gasteiger partial charge is 0.394 e. The Morgan fingerprint density at radius 3 is 2.89 bits per heavy atom. The number of nitrogens with zero attached hydrogens (tertiary/aromatic N) is 3. The Labute approximate surface area is 101 Å². The van der Waals surface area contributed by atoms with Crippen molar-refractivity contribution in [3.8, 4) is 0 Å². The van der Waals surface area contributed by atoms with Gasteiger partial charge in [-0.3, -0.25) is 5.10 Å². The van der Waals surface area contributed by atoms with Crippen LogP contribution in [0.15, 0.2) is 12.5 Å². The van der Waals surface area contributed by atoms with Gasteiger partial charge >= 0.3 is 0 Å². The van der Waals surface area contributed by atoms with Gasteiger partial charge in [-0.15, -0.1) is 0 Å². The molecule has 3 heterocycles. The molecule has 0 aliphatic carbocycles.